The lowest BCUT2D eigenvalue weighted by molar-refractivity contribution is -0.131. The third kappa shape index (κ3) is 4.37. The number of aliphatic carboxylic acids is 1. The van der Waals surface area contributed by atoms with Crippen molar-refractivity contribution in [1.82, 2.24) is 9.71 Å². The Labute approximate surface area is 124 Å². The molecule has 1 aromatic heterocycles. The Kier molecular flexibility index (Phi) is 4.74. The van der Waals surface area contributed by atoms with Crippen LogP contribution < -0.4 is 4.72 Å². The molecule has 0 radical (unpaired) electrons. The highest BCUT2D eigenvalue weighted by Gasteiger charge is 2.26. The van der Waals surface area contributed by atoms with Crippen LogP contribution in [0.25, 0.3) is 6.08 Å². The lowest BCUT2D eigenvalue weighted by Crippen LogP contribution is -2.33. The van der Waals surface area contributed by atoms with E-state index in [-0.39, 0.29) is 10.9 Å². The van der Waals surface area contributed by atoms with Crippen molar-refractivity contribution >= 4 is 22.1 Å². The van der Waals surface area contributed by atoms with Crippen LogP contribution in [-0.2, 0) is 14.8 Å². The van der Waals surface area contributed by atoms with E-state index in [4.69, 9.17) is 5.11 Å². The van der Waals surface area contributed by atoms with Crippen LogP contribution in [0.3, 0.4) is 0 Å². The number of pyridine rings is 1. The minimum absolute atomic E-state index is 0.0387. The second kappa shape index (κ2) is 6.36. The van der Waals surface area contributed by atoms with Gasteiger partial charge in [0.25, 0.3) is 0 Å². The van der Waals surface area contributed by atoms with E-state index in [2.05, 4.69) is 16.6 Å². The van der Waals surface area contributed by atoms with Crippen molar-refractivity contribution in [2.75, 3.05) is 0 Å². The molecule has 0 bridgehead atoms. The third-order valence-corrected chi connectivity index (χ3v) is 4.97. The summed E-state index contributed by atoms with van der Waals surface area (Å²) in [6.45, 7) is 2.10. The summed E-state index contributed by atoms with van der Waals surface area (Å²) in [6.07, 6.45) is 7.63. The first-order chi connectivity index (χ1) is 9.87. The Hall–Kier alpha value is -1.73. The lowest BCUT2D eigenvalue weighted by atomic mass is 10.1. The van der Waals surface area contributed by atoms with Gasteiger partial charge >= 0.3 is 5.97 Å². The number of aromatic nitrogens is 1. The van der Waals surface area contributed by atoms with Crippen molar-refractivity contribution in [1.29, 1.82) is 0 Å². The van der Waals surface area contributed by atoms with Crippen molar-refractivity contribution in [2.24, 2.45) is 5.92 Å². The van der Waals surface area contributed by atoms with Crippen molar-refractivity contribution < 1.29 is 18.3 Å². The molecule has 0 spiro atoms. The highest BCUT2D eigenvalue weighted by Crippen LogP contribution is 2.26. The predicted octanol–water partition coefficient (Wildman–Crippen LogP) is 1.65. The van der Waals surface area contributed by atoms with Crippen molar-refractivity contribution in [2.45, 2.75) is 37.1 Å². The van der Waals surface area contributed by atoms with E-state index >= 15 is 0 Å². The predicted molar refractivity (Wildman–Crippen MR) is 78.0 cm³/mol. The molecule has 0 aromatic carbocycles. The van der Waals surface area contributed by atoms with Crippen LogP contribution in [0.15, 0.2) is 29.4 Å². The van der Waals surface area contributed by atoms with Gasteiger partial charge in [0.15, 0.2) is 0 Å². The summed E-state index contributed by atoms with van der Waals surface area (Å²) < 4.78 is 27.3. The Morgan fingerprint density at radius 3 is 2.81 bits per heavy atom. The minimum atomic E-state index is -3.62. The molecule has 21 heavy (non-hydrogen) atoms. The Balaban J connectivity index is 2.16. The largest absolute Gasteiger partial charge is 0.478 e. The molecule has 0 amide bonds. The van der Waals surface area contributed by atoms with Crippen LogP contribution in [0.1, 0.15) is 31.7 Å². The van der Waals surface area contributed by atoms with Crippen molar-refractivity contribution in [3.05, 3.63) is 30.1 Å². The van der Waals surface area contributed by atoms with Gasteiger partial charge in [0, 0.05) is 24.5 Å². The van der Waals surface area contributed by atoms with Crippen LogP contribution >= 0.6 is 0 Å². The zero-order valence-corrected chi connectivity index (χ0v) is 12.5. The summed E-state index contributed by atoms with van der Waals surface area (Å²) in [6, 6.07) is 1.37. The number of sulfonamides is 1. The summed E-state index contributed by atoms with van der Waals surface area (Å²) in [5, 5.41) is 8.58. The first-order valence-electron chi connectivity index (χ1n) is 6.75. The molecule has 2 rings (SSSR count). The number of rotatable bonds is 5. The number of carbonyl (C=O) groups is 1. The molecule has 0 saturated heterocycles. The van der Waals surface area contributed by atoms with E-state index < -0.39 is 16.0 Å². The van der Waals surface area contributed by atoms with E-state index in [1.807, 2.05) is 0 Å². The maximum absolute atomic E-state index is 12.3. The minimum Gasteiger partial charge on any atom is -0.478 e. The number of carboxylic acids is 1. The molecule has 6 nitrogen and oxygen atoms in total. The Morgan fingerprint density at radius 2 is 2.19 bits per heavy atom. The third-order valence-electron chi connectivity index (χ3n) is 3.48. The summed E-state index contributed by atoms with van der Waals surface area (Å²) in [7, 11) is -3.62. The van der Waals surface area contributed by atoms with Crippen molar-refractivity contribution in [3.63, 3.8) is 0 Å². The van der Waals surface area contributed by atoms with E-state index in [9.17, 15) is 13.2 Å². The van der Waals surface area contributed by atoms with E-state index in [0.717, 1.165) is 25.3 Å². The second-order valence-electron chi connectivity index (χ2n) is 5.36. The molecule has 1 saturated carbocycles. The van der Waals surface area contributed by atoms with Gasteiger partial charge in [0.1, 0.15) is 4.90 Å². The summed E-state index contributed by atoms with van der Waals surface area (Å²) in [5.41, 5.74) is 0.431. The molecule has 2 unspecified atom stereocenters. The summed E-state index contributed by atoms with van der Waals surface area (Å²) in [4.78, 5) is 14.4. The Bertz CT molecular complexity index is 655. The highest BCUT2D eigenvalue weighted by atomic mass is 32.2. The number of nitrogens with zero attached hydrogens (tertiary/aromatic N) is 1. The normalized spacial score (nSPS) is 22.7. The van der Waals surface area contributed by atoms with Gasteiger partial charge in [-0.25, -0.2) is 17.9 Å². The molecule has 7 heteroatoms. The van der Waals surface area contributed by atoms with E-state index in [1.54, 1.807) is 0 Å². The van der Waals surface area contributed by atoms with Gasteiger partial charge < -0.3 is 5.11 Å². The fourth-order valence-electron chi connectivity index (χ4n) is 2.44. The van der Waals surface area contributed by atoms with Gasteiger partial charge in [0.2, 0.25) is 10.0 Å². The topological polar surface area (TPSA) is 96.4 Å². The zero-order valence-electron chi connectivity index (χ0n) is 11.7. The van der Waals surface area contributed by atoms with Gasteiger partial charge in [-0.2, -0.15) is 0 Å². The SMILES string of the molecule is CC1CCC(NS(=O)(=O)c2cncc(/C=C/C(=O)O)c2)C1. The zero-order chi connectivity index (χ0) is 15.5. The van der Waals surface area contributed by atoms with E-state index in [1.165, 1.54) is 24.5 Å². The number of nitrogens with one attached hydrogen (secondary N) is 1. The van der Waals surface area contributed by atoms with Crippen LogP contribution in [0.4, 0.5) is 0 Å². The van der Waals surface area contributed by atoms with Crippen molar-refractivity contribution in [3.8, 4) is 0 Å². The fraction of sp³-hybridized carbons (Fsp3) is 0.429. The van der Waals surface area contributed by atoms with Gasteiger partial charge in [-0.3, -0.25) is 4.98 Å². The monoisotopic (exact) mass is 310 g/mol. The smallest absolute Gasteiger partial charge is 0.328 e. The molecule has 2 atom stereocenters. The summed E-state index contributed by atoms with van der Waals surface area (Å²) in [5.74, 6) is -0.568. The number of carboxylic acid groups (broad SMARTS) is 1. The fourth-order valence-corrected chi connectivity index (χ4v) is 3.72. The van der Waals surface area contributed by atoms with Gasteiger partial charge in [-0.1, -0.05) is 6.92 Å². The van der Waals surface area contributed by atoms with Crippen LogP contribution in [-0.4, -0.2) is 30.5 Å². The first-order valence-corrected chi connectivity index (χ1v) is 8.23. The molecule has 2 N–H and O–H groups in total. The number of hydrogen-bond acceptors (Lipinski definition) is 4. The molecule has 0 aliphatic heterocycles. The molecule has 114 valence electrons. The quantitative estimate of drug-likeness (QED) is 0.806. The van der Waals surface area contributed by atoms with Crippen LogP contribution in [0.2, 0.25) is 0 Å². The van der Waals surface area contributed by atoms with E-state index in [0.29, 0.717) is 11.5 Å². The first kappa shape index (κ1) is 15.7. The highest BCUT2D eigenvalue weighted by molar-refractivity contribution is 7.89. The van der Waals surface area contributed by atoms with Crippen LogP contribution in [0.5, 0.6) is 0 Å². The molecule has 1 aromatic rings. The molecule has 1 fully saturated rings. The summed E-state index contributed by atoms with van der Waals surface area (Å²) >= 11 is 0. The van der Waals surface area contributed by atoms with Gasteiger partial charge in [0.05, 0.1) is 0 Å². The number of hydrogen-bond donors (Lipinski definition) is 2. The standard InChI is InChI=1S/C14H18N2O4S/c1-10-2-4-12(6-10)16-21(19,20)13-7-11(8-15-9-13)3-5-14(17)18/h3,5,7-10,12,16H,2,4,6H2,1H3,(H,17,18)/b5-3+. The maximum atomic E-state index is 12.3. The molecule has 1 heterocycles. The average molecular weight is 310 g/mol. The lowest BCUT2D eigenvalue weighted by Gasteiger charge is -2.13. The Morgan fingerprint density at radius 1 is 1.43 bits per heavy atom. The van der Waals surface area contributed by atoms with Gasteiger partial charge in [-0.05, 0) is 42.9 Å². The molecular formula is C14H18N2O4S. The maximum Gasteiger partial charge on any atom is 0.328 e. The molecular weight excluding hydrogens is 292 g/mol. The van der Waals surface area contributed by atoms with Crippen LogP contribution in [0, 0.1) is 5.92 Å². The molecule has 1 aliphatic rings. The molecule has 1 aliphatic carbocycles. The average Bonchev–Trinajstić information content (AvgIpc) is 2.81. The van der Waals surface area contributed by atoms with Gasteiger partial charge in [-0.15, -0.1) is 0 Å². The second-order valence-corrected chi connectivity index (χ2v) is 7.08.